The fourth-order valence-electron chi connectivity index (χ4n) is 3.55. The molecular weight excluding hydrogens is 296 g/mol. The smallest absolute Gasteiger partial charge is 0.334 e. The van der Waals surface area contributed by atoms with Gasteiger partial charge in [-0.15, -0.1) is 11.6 Å². The van der Waals surface area contributed by atoms with Crippen molar-refractivity contribution in [1.29, 1.82) is 0 Å². The summed E-state index contributed by atoms with van der Waals surface area (Å²) in [5.41, 5.74) is -1.26. The Bertz CT molecular complexity index is 473. The Morgan fingerprint density at radius 1 is 1.57 bits per heavy atom. The SMILES string of the molecule is CC(C)C1CC[C@@](O)(CCl)[C@H]2C(=O)OCC(C(=O)O)=C[C@H]12. The van der Waals surface area contributed by atoms with Crippen LogP contribution in [0.1, 0.15) is 26.7 Å². The predicted octanol–water partition coefficient (Wildman–Crippen LogP) is 1.82. The molecule has 6 heteroatoms. The first kappa shape index (κ1) is 16.3. The molecule has 4 atom stereocenters. The summed E-state index contributed by atoms with van der Waals surface area (Å²) in [5, 5.41) is 19.9. The van der Waals surface area contributed by atoms with Crippen molar-refractivity contribution in [2.45, 2.75) is 32.3 Å². The van der Waals surface area contributed by atoms with Gasteiger partial charge in [-0.05, 0) is 30.6 Å². The van der Waals surface area contributed by atoms with Gasteiger partial charge in [0.15, 0.2) is 0 Å². The number of carboxylic acid groups (broad SMARTS) is 1. The van der Waals surface area contributed by atoms with Crippen molar-refractivity contribution in [3.05, 3.63) is 11.6 Å². The van der Waals surface area contributed by atoms with Crippen molar-refractivity contribution >= 4 is 23.5 Å². The van der Waals surface area contributed by atoms with Crippen LogP contribution in [0.5, 0.6) is 0 Å². The van der Waals surface area contributed by atoms with E-state index >= 15 is 0 Å². The molecule has 0 bridgehead atoms. The van der Waals surface area contributed by atoms with Crippen LogP contribution in [0.3, 0.4) is 0 Å². The fourth-order valence-corrected chi connectivity index (χ4v) is 3.85. The number of carboxylic acids is 1. The molecule has 0 aromatic rings. The maximum atomic E-state index is 12.3. The lowest BCUT2D eigenvalue weighted by Gasteiger charge is -2.46. The molecule has 2 rings (SSSR count). The van der Waals surface area contributed by atoms with Crippen LogP contribution in [0.2, 0.25) is 0 Å². The molecule has 1 aliphatic heterocycles. The number of alkyl halides is 1. The molecule has 5 nitrogen and oxygen atoms in total. The Kier molecular flexibility index (Phi) is 4.63. The van der Waals surface area contributed by atoms with Crippen LogP contribution in [-0.2, 0) is 14.3 Å². The van der Waals surface area contributed by atoms with Crippen LogP contribution in [0, 0.1) is 23.7 Å². The van der Waals surface area contributed by atoms with Gasteiger partial charge in [-0.2, -0.15) is 0 Å². The summed E-state index contributed by atoms with van der Waals surface area (Å²) in [4.78, 5) is 23.5. The second kappa shape index (κ2) is 5.97. The van der Waals surface area contributed by atoms with Crippen molar-refractivity contribution in [3.63, 3.8) is 0 Å². The van der Waals surface area contributed by atoms with E-state index in [0.717, 1.165) is 0 Å². The number of carbonyl (C=O) groups excluding carboxylic acids is 1. The van der Waals surface area contributed by atoms with Gasteiger partial charge in [0.2, 0.25) is 0 Å². The Morgan fingerprint density at radius 3 is 2.76 bits per heavy atom. The van der Waals surface area contributed by atoms with E-state index in [9.17, 15) is 19.8 Å². The molecule has 2 aliphatic rings. The van der Waals surface area contributed by atoms with Crippen LogP contribution in [0.4, 0.5) is 0 Å². The summed E-state index contributed by atoms with van der Waals surface area (Å²) < 4.78 is 5.06. The summed E-state index contributed by atoms with van der Waals surface area (Å²) in [7, 11) is 0. The number of carbonyl (C=O) groups is 2. The zero-order valence-corrected chi connectivity index (χ0v) is 13.0. The van der Waals surface area contributed by atoms with E-state index in [1.165, 1.54) is 0 Å². The number of aliphatic carboxylic acids is 1. The standard InChI is InChI=1S/C15H21ClO5/c1-8(2)10-3-4-15(20,7-16)12-11(10)5-9(13(17)18)6-21-14(12)19/h5,8,10-12,20H,3-4,6-7H2,1-2H3,(H,17,18)/t10?,11-,12-,15-/m1/s1. The monoisotopic (exact) mass is 316 g/mol. The van der Waals surface area contributed by atoms with Crippen molar-refractivity contribution in [2.75, 3.05) is 12.5 Å². The third-order valence-corrected chi connectivity index (χ3v) is 5.21. The summed E-state index contributed by atoms with van der Waals surface area (Å²) >= 11 is 5.89. The second-order valence-corrected chi connectivity index (χ2v) is 6.61. The van der Waals surface area contributed by atoms with Gasteiger partial charge in [0, 0.05) is 0 Å². The number of hydrogen-bond donors (Lipinski definition) is 2. The van der Waals surface area contributed by atoms with E-state index in [0.29, 0.717) is 12.8 Å². The van der Waals surface area contributed by atoms with Gasteiger partial charge in [0.05, 0.1) is 23.0 Å². The molecule has 1 aliphatic carbocycles. The summed E-state index contributed by atoms with van der Waals surface area (Å²) in [6.07, 6.45) is 2.73. The molecule has 118 valence electrons. The number of ether oxygens (including phenoxy) is 1. The molecule has 0 aromatic heterocycles. The first-order chi connectivity index (χ1) is 9.80. The third kappa shape index (κ3) is 2.94. The van der Waals surface area contributed by atoms with E-state index in [-0.39, 0.29) is 35.8 Å². The largest absolute Gasteiger partial charge is 0.478 e. The van der Waals surface area contributed by atoms with Gasteiger partial charge < -0.3 is 14.9 Å². The van der Waals surface area contributed by atoms with Crippen LogP contribution < -0.4 is 0 Å². The van der Waals surface area contributed by atoms with Crippen molar-refractivity contribution in [1.82, 2.24) is 0 Å². The summed E-state index contributed by atoms with van der Waals surface area (Å²) in [6, 6.07) is 0. The van der Waals surface area contributed by atoms with Gasteiger partial charge in [-0.3, -0.25) is 4.79 Å². The molecule has 21 heavy (non-hydrogen) atoms. The topological polar surface area (TPSA) is 83.8 Å². The average Bonchev–Trinajstić information content (AvgIpc) is 2.59. The number of halogens is 1. The lowest BCUT2D eigenvalue weighted by molar-refractivity contribution is -0.165. The predicted molar refractivity (Wildman–Crippen MR) is 76.9 cm³/mol. The first-order valence-corrected chi connectivity index (χ1v) is 7.72. The number of allylic oxidation sites excluding steroid dienone is 1. The second-order valence-electron chi connectivity index (χ2n) is 6.34. The maximum Gasteiger partial charge on any atom is 0.334 e. The van der Waals surface area contributed by atoms with Crippen molar-refractivity contribution < 1.29 is 24.5 Å². The Hall–Kier alpha value is -1.07. The van der Waals surface area contributed by atoms with E-state index in [1.807, 2.05) is 13.8 Å². The highest BCUT2D eigenvalue weighted by Crippen LogP contribution is 2.47. The molecule has 1 heterocycles. The third-order valence-electron chi connectivity index (χ3n) is 4.75. The Labute approximate surface area is 128 Å². The minimum Gasteiger partial charge on any atom is -0.478 e. The normalized spacial score (nSPS) is 36.5. The highest BCUT2D eigenvalue weighted by atomic mass is 35.5. The minimum atomic E-state index is -1.33. The highest BCUT2D eigenvalue weighted by Gasteiger charge is 2.53. The van der Waals surface area contributed by atoms with Crippen molar-refractivity contribution in [3.8, 4) is 0 Å². The zero-order chi connectivity index (χ0) is 15.8. The molecule has 0 saturated heterocycles. The molecule has 0 radical (unpaired) electrons. The average molecular weight is 317 g/mol. The van der Waals surface area contributed by atoms with Crippen LogP contribution >= 0.6 is 11.6 Å². The number of esters is 1. The van der Waals surface area contributed by atoms with E-state index in [1.54, 1.807) is 6.08 Å². The van der Waals surface area contributed by atoms with Crippen LogP contribution in [0.15, 0.2) is 11.6 Å². The molecular formula is C15H21ClO5. The fraction of sp³-hybridized carbons (Fsp3) is 0.733. The summed E-state index contributed by atoms with van der Waals surface area (Å²) in [5.74, 6) is -2.47. The summed E-state index contributed by atoms with van der Waals surface area (Å²) in [6.45, 7) is 3.82. The number of fused-ring (bicyclic) bond motifs is 1. The minimum absolute atomic E-state index is 0.0652. The molecule has 1 saturated carbocycles. The molecule has 0 aromatic carbocycles. The Morgan fingerprint density at radius 2 is 2.24 bits per heavy atom. The number of rotatable bonds is 3. The van der Waals surface area contributed by atoms with E-state index < -0.39 is 23.5 Å². The molecule has 2 N–H and O–H groups in total. The quantitative estimate of drug-likeness (QED) is 0.613. The van der Waals surface area contributed by atoms with Crippen LogP contribution in [0.25, 0.3) is 0 Å². The van der Waals surface area contributed by atoms with Gasteiger partial charge in [-0.25, -0.2) is 4.79 Å². The Balaban J connectivity index is 2.48. The lowest BCUT2D eigenvalue weighted by atomic mass is 9.61. The zero-order valence-electron chi connectivity index (χ0n) is 12.2. The molecule has 1 fully saturated rings. The number of hydrogen-bond acceptors (Lipinski definition) is 4. The number of aliphatic hydroxyl groups is 1. The van der Waals surface area contributed by atoms with Crippen molar-refractivity contribution in [2.24, 2.45) is 23.7 Å². The maximum absolute atomic E-state index is 12.3. The van der Waals surface area contributed by atoms with E-state index in [4.69, 9.17) is 16.3 Å². The molecule has 0 spiro atoms. The molecule has 0 amide bonds. The van der Waals surface area contributed by atoms with Gasteiger partial charge >= 0.3 is 11.9 Å². The van der Waals surface area contributed by atoms with Gasteiger partial charge in [0.25, 0.3) is 0 Å². The highest BCUT2D eigenvalue weighted by molar-refractivity contribution is 6.18. The van der Waals surface area contributed by atoms with Crippen LogP contribution in [-0.4, -0.2) is 40.2 Å². The van der Waals surface area contributed by atoms with Gasteiger partial charge in [0.1, 0.15) is 6.61 Å². The molecule has 1 unspecified atom stereocenters. The lowest BCUT2D eigenvalue weighted by Crippen LogP contribution is -2.53. The first-order valence-electron chi connectivity index (χ1n) is 7.19. The number of cyclic esters (lactones) is 1. The van der Waals surface area contributed by atoms with E-state index in [2.05, 4.69) is 0 Å². The van der Waals surface area contributed by atoms with Gasteiger partial charge in [-0.1, -0.05) is 19.9 Å².